The molecule has 6 nitrogen and oxygen atoms in total. The van der Waals surface area contributed by atoms with Gasteiger partial charge in [-0.15, -0.1) is 0 Å². The fraction of sp³-hybridized carbons (Fsp3) is 0.556. The van der Waals surface area contributed by atoms with Gasteiger partial charge in [0.1, 0.15) is 12.4 Å². The van der Waals surface area contributed by atoms with E-state index >= 15 is 0 Å². The molecule has 3 rings (SSSR count). The van der Waals surface area contributed by atoms with Gasteiger partial charge in [-0.05, 0) is 44.4 Å². The molecule has 0 bridgehead atoms. The molecule has 1 N–H and O–H groups in total. The zero-order valence-electron chi connectivity index (χ0n) is 14.0. The maximum atomic E-state index is 12.9. The summed E-state index contributed by atoms with van der Waals surface area (Å²) in [5, 5.41) is 2.77. The standard InChI is InChI=1S/C18H24N2O4/c1-2-23-12-17(21)19-13-6-7-16-15(11-13)18(22)20-9-4-3-5-14(20)8-10-24-16/h6-7,11,14H,2-5,8-10,12H2,1H3,(H,19,21). The molecule has 0 saturated carbocycles. The number of ether oxygens (including phenoxy) is 2. The molecule has 0 radical (unpaired) electrons. The maximum absolute atomic E-state index is 12.9. The molecule has 2 aliphatic rings. The predicted octanol–water partition coefficient (Wildman–Crippen LogP) is 2.44. The van der Waals surface area contributed by atoms with Crippen molar-refractivity contribution in [2.45, 2.75) is 38.6 Å². The second kappa shape index (κ2) is 7.66. The van der Waals surface area contributed by atoms with E-state index in [4.69, 9.17) is 9.47 Å². The number of piperidine rings is 1. The minimum absolute atomic E-state index is 0.00435. The molecule has 24 heavy (non-hydrogen) atoms. The Morgan fingerprint density at radius 3 is 3.08 bits per heavy atom. The second-order valence-electron chi connectivity index (χ2n) is 6.18. The molecule has 1 saturated heterocycles. The summed E-state index contributed by atoms with van der Waals surface area (Å²) in [4.78, 5) is 26.7. The Morgan fingerprint density at radius 2 is 2.25 bits per heavy atom. The topological polar surface area (TPSA) is 67.9 Å². The van der Waals surface area contributed by atoms with Crippen molar-refractivity contribution in [1.29, 1.82) is 0 Å². The van der Waals surface area contributed by atoms with Gasteiger partial charge < -0.3 is 19.7 Å². The van der Waals surface area contributed by atoms with Crippen LogP contribution in [0.5, 0.6) is 5.75 Å². The van der Waals surface area contributed by atoms with Gasteiger partial charge in [-0.3, -0.25) is 9.59 Å². The lowest BCUT2D eigenvalue weighted by Gasteiger charge is -2.37. The van der Waals surface area contributed by atoms with Crippen molar-refractivity contribution in [1.82, 2.24) is 4.90 Å². The number of hydrogen-bond donors (Lipinski definition) is 1. The average molecular weight is 332 g/mol. The van der Waals surface area contributed by atoms with Crippen molar-refractivity contribution < 1.29 is 19.1 Å². The number of benzene rings is 1. The van der Waals surface area contributed by atoms with Crippen LogP contribution in [0.25, 0.3) is 0 Å². The Balaban J connectivity index is 1.81. The van der Waals surface area contributed by atoms with E-state index in [9.17, 15) is 9.59 Å². The van der Waals surface area contributed by atoms with Crippen LogP contribution >= 0.6 is 0 Å². The van der Waals surface area contributed by atoms with Gasteiger partial charge in [-0.25, -0.2) is 0 Å². The van der Waals surface area contributed by atoms with Crippen molar-refractivity contribution in [3.05, 3.63) is 23.8 Å². The third-order valence-electron chi connectivity index (χ3n) is 4.53. The minimum Gasteiger partial charge on any atom is -0.493 e. The molecule has 0 aliphatic carbocycles. The fourth-order valence-corrected chi connectivity index (χ4v) is 3.32. The molecule has 130 valence electrons. The SMILES string of the molecule is CCOCC(=O)Nc1ccc2c(c1)C(=O)N1CCCCC1CCO2. The van der Waals surface area contributed by atoms with Crippen LogP contribution in [0.2, 0.25) is 0 Å². The molecular weight excluding hydrogens is 308 g/mol. The van der Waals surface area contributed by atoms with Gasteiger partial charge in [0.25, 0.3) is 5.91 Å². The Morgan fingerprint density at radius 1 is 1.38 bits per heavy atom. The van der Waals surface area contributed by atoms with Gasteiger partial charge in [-0.2, -0.15) is 0 Å². The highest BCUT2D eigenvalue weighted by molar-refractivity contribution is 6.00. The van der Waals surface area contributed by atoms with Crippen LogP contribution in [0.4, 0.5) is 5.69 Å². The van der Waals surface area contributed by atoms with E-state index < -0.39 is 0 Å². The van der Waals surface area contributed by atoms with Crippen molar-refractivity contribution in [3.8, 4) is 5.75 Å². The Hall–Kier alpha value is -2.08. The van der Waals surface area contributed by atoms with Crippen LogP contribution < -0.4 is 10.1 Å². The Bertz CT molecular complexity index is 617. The molecule has 2 aliphatic heterocycles. The predicted molar refractivity (Wildman–Crippen MR) is 90.4 cm³/mol. The van der Waals surface area contributed by atoms with Crippen molar-refractivity contribution in [2.24, 2.45) is 0 Å². The van der Waals surface area contributed by atoms with Gasteiger partial charge in [0, 0.05) is 31.3 Å². The molecule has 1 fully saturated rings. The van der Waals surface area contributed by atoms with E-state index in [1.54, 1.807) is 18.2 Å². The molecule has 2 heterocycles. The molecule has 1 aromatic carbocycles. The number of nitrogens with zero attached hydrogens (tertiary/aromatic N) is 1. The first-order valence-corrected chi connectivity index (χ1v) is 8.64. The second-order valence-corrected chi connectivity index (χ2v) is 6.18. The summed E-state index contributed by atoms with van der Waals surface area (Å²) in [6.07, 6.45) is 4.12. The number of anilines is 1. The van der Waals surface area contributed by atoms with Crippen LogP contribution in [0.1, 0.15) is 43.0 Å². The number of rotatable bonds is 4. The number of carbonyl (C=O) groups excluding carboxylic acids is 2. The molecule has 1 unspecified atom stereocenters. The summed E-state index contributed by atoms with van der Waals surface area (Å²) in [6, 6.07) is 5.48. The van der Waals surface area contributed by atoms with Crippen LogP contribution in [0, 0.1) is 0 Å². The third-order valence-corrected chi connectivity index (χ3v) is 4.53. The lowest BCUT2D eigenvalue weighted by molar-refractivity contribution is -0.120. The van der Waals surface area contributed by atoms with E-state index in [2.05, 4.69) is 5.32 Å². The van der Waals surface area contributed by atoms with Gasteiger partial charge >= 0.3 is 0 Å². The summed E-state index contributed by atoms with van der Waals surface area (Å²) in [5.74, 6) is 0.356. The van der Waals surface area contributed by atoms with Gasteiger partial charge in [0.05, 0.1) is 12.2 Å². The summed E-state index contributed by atoms with van der Waals surface area (Å²) in [7, 11) is 0. The number of amides is 2. The maximum Gasteiger partial charge on any atom is 0.257 e. The number of nitrogens with one attached hydrogen (secondary N) is 1. The molecule has 0 aromatic heterocycles. The third kappa shape index (κ3) is 3.70. The lowest BCUT2D eigenvalue weighted by Crippen LogP contribution is -2.45. The van der Waals surface area contributed by atoms with Crippen LogP contribution in [-0.4, -0.2) is 49.1 Å². The highest BCUT2D eigenvalue weighted by Gasteiger charge is 2.31. The number of carbonyl (C=O) groups is 2. The van der Waals surface area contributed by atoms with E-state index in [0.717, 1.165) is 32.2 Å². The lowest BCUT2D eigenvalue weighted by atomic mass is 9.97. The van der Waals surface area contributed by atoms with Crippen LogP contribution in [-0.2, 0) is 9.53 Å². The number of hydrogen-bond acceptors (Lipinski definition) is 4. The number of fused-ring (bicyclic) bond motifs is 2. The molecule has 2 amide bonds. The van der Waals surface area contributed by atoms with Gasteiger partial charge in [-0.1, -0.05) is 0 Å². The quantitative estimate of drug-likeness (QED) is 0.919. The normalized spacial score (nSPS) is 20.3. The zero-order chi connectivity index (χ0) is 16.9. The summed E-state index contributed by atoms with van der Waals surface area (Å²) in [6.45, 7) is 3.73. The minimum atomic E-state index is -0.230. The van der Waals surface area contributed by atoms with Gasteiger partial charge in [0.15, 0.2) is 0 Å². The van der Waals surface area contributed by atoms with Gasteiger partial charge in [0.2, 0.25) is 5.91 Å². The molecular formula is C18H24N2O4. The van der Waals surface area contributed by atoms with E-state index in [1.807, 2.05) is 11.8 Å². The highest BCUT2D eigenvalue weighted by atomic mass is 16.5. The zero-order valence-corrected chi connectivity index (χ0v) is 14.0. The highest BCUT2D eigenvalue weighted by Crippen LogP contribution is 2.30. The molecule has 6 heteroatoms. The van der Waals surface area contributed by atoms with Crippen LogP contribution in [0.3, 0.4) is 0 Å². The molecule has 0 spiro atoms. The van der Waals surface area contributed by atoms with Crippen molar-refractivity contribution in [2.75, 3.05) is 31.7 Å². The summed E-state index contributed by atoms with van der Waals surface area (Å²) in [5.41, 5.74) is 1.11. The molecule has 1 atom stereocenters. The summed E-state index contributed by atoms with van der Waals surface area (Å²) >= 11 is 0. The largest absolute Gasteiger partial charge is 0.493 e. The Kier molecular flexibility index (Phi) is 5.35. The van der Waals surface area contributed by atoms with E-state index in [0.29, 0.717) is 30.2 Å². The first-order chi connectivity index (χ1) is 11.7. The first kappa shape index (κ1) is 16.8. The van der Waals surface area contributed by atoms with E-state index in [1.165, 1.54) is 0 Å². The van der Waals surface area contributed by atoms with Crippen LogP contribution in [0.15, 0.2) is 18.2 Å². The first-order valence-electron chi connectivity index (χ1n) is 8.64. The average Bonchev–Trinajstić information content (AvgIpc) is 2.59. The fourth-order valence-electron chi connectivity index (χ4n) is 3.32. The Labute approximate surface area is 142 Å². The van der Waals surface area contributed by atoms with Crippen molar-refractivity contribution in [3.63, 3.8) is 0 Å². The monoisotopic (exact) mass is 332 g/mol. The summed E-state index contributed by atoms with van der Waals surface area (Å²) < 4.78 is 10.9. The molecule has 1 aromatic rings. The van der Waals surface area contributed by atoms with Crippen molar-refractivity contribution >= 4 is 17.5 Å². The van der Waals surface area contributed by atoms with E-state index in [-0.39, 0.29) is 24.5 Å². The smallest absolute Gasteiger partial charge is 0.257 e.